The Labute approximate surface area is 102 Å². The maximum absolute atomic E-state index is 11.7. The Morgan fingerprint density at radius 1 is 1.12 bits per heavy atom. The highest BCUT2D eigenvalue weighted by Gasteiger charge is 2.00. The van der Waals surface area contributed by atoms with Crippen LogP contribution in [0.4, 0.5) is 0 Å². The van der Waals surface area contributed by atoms with Crippen LogP contribution in [0.1, 0.15) is 24.2 Å². The summed E-state index contributed by atoms with van der Waals surface area (Å²) in [7, 11) is 0. The van der Waals surface area contributed by atoms with E-state index in [4.69, 9.17) is 0 Å². The van der Waals surface area contributed by atoms with E-state index in [2.05, 4.69) is 5.32 Å². The van der Waals surface area contributed by atoms with Gasteiger partial charge in [0.15, 0.2) is 0 Å². The van der Waals surface area contributed by atoms with Crippen LogP contribution < -0.4 is 5.32 Å². The lowest BCUT2D eigenvalue weighted by atomic mass is 10.2. The van der Waals surface area contributed by atoms with Gasteiger partial charge >= 0.3 is 0 Å². The minimum absolute atomic E-state index is 0.0993. The monoisotopic (exact) mass is 227 g/mol. The van der Waals surface area contributed by atoms with Crippen molar-refractivity contribution >= 4 is 5.91 Å². The molecule has 0 radical (unpaired) electrons. The first-order valence-corrected chi connectivity index (χ1v) is 5.59. The topological polar surface area (TPSA) is 29.1 Å². The largest absolute Gasteiger partial charge is 0.329 e. The lowest BCUT2D eigenvalue weighted by Crippen LogP contribution is -2.16. The molecule has 0 spiro atoms. The predicted molar refractivity (Wildman–Crippen MR) is 71.6 cm³/mol. The van der Waals surface area contributed by atoms with Crippen molar-refractivity contribution in [2.75, 3.05) is 0 Å². The minimum atomic E-state index is -0.0993. The first kappa shape index (κ1) is 13.0. The molecule has 1 N–H and O–H groups in total. The average Bonchev–Trinajstić information content (AvgIpc) is 2.38. The third-order valence-electron chi connectivity index (χ3n) is 2.22. The molecule has 0 aliphatic heterocycles. The van der Waals surface area contributed by atoms with Crippen LogP contribution in [0.3, 0.4) is 0 Å². The van der Waals surface area contributed by atoms with Gasteiger partial charge in [-0.05, 0) is 37.6 Å². The van der Waals surface area contributed by atoms with E-state index in [0.717, 1.165) is 5.57 Å². The number of nitrogens with one attached hydrogen (secondary N) is 1. The molecule has 0 heterocycles. The van der Waals surface area contributed by atoms with Crippen LogP contribution in [0.15, 0.2) is 66.4 Å². The molecule has 2 heteroatoms. The summed E-state index contributed by atoms with van der Waals surface area (Å²) in [4.78, 5) is 11.7. The number of carbonyl (C=O) groups excluding carboxylic acids is 1. The lowest BCUT2D eigenvalue weighted by Gasteiger charge is -1.99. The maximum atomic E-state index is 11.7. The first-order valence-electron chi connectivity index (χ1n) is 5.59. The normalized spacial score (nSPS) is 12.2. The summed E-state index contributed by atoms with van der Waals surface area (Å²) in [5.41, 5.74) is 1.71. The van der Waals surface area contributed by atoms with E-state index in [0.29, 0.717) is 5.56 Å². The van der Waals surface area contributed by atoms with E-state index < -0.39 is 0 Å². The SMILES string of the molecule is C\C=C/C(/C=C/NC(=O)c1ccccc1)=C\C. The molecule has 1 amide bonds. The molecule has 0 fully saturated rings. The molecular formula is C15H17NO. The number of hydrogen-bond acceptors (Lipinski definition) is 1. The second-order valence-corrected chi connectivity index (χ2v) is 3.46. The molecule has 0 saturated carbocycles. The van der Waals surface area contributed by atoms with E-state index in [1.54, 1.807) is 18.3 Å². The highest BCUT2D eigenvalue weighted by molar-refractivity contribution is 5.94. The molecule has 1 aromatic carbocycles. The molecule has 0 unspecified atom stereocenters. The van der Waals surface area contributed by atoms with Gasteiger partial charge in [-0.3, -0.25) is 4.79 Å². The zero-order chi connectivity index (χ0) is 12.5. The van der Waals surface area contributed by atoms with Crippen molar-refractivity contribution < 1.29 is 4.79 Å². The highest BCUT2D eigenvalue weighted by atomic mass is 16.1. The molecule has 0 aliphatic carbocycles. The summed E-state index contributed by atoms with van der Waals surface area (Å²) < 4.78 is 0. The number of allylic oxidation sites excluding steroid dienone is 5. The van der Waals surface area contributed by atoms with Gasteiger partial charge in [-0.15, -0.1) is 0 Å². The number of hydrogen-bond donors (Lipinski definition) is 1. The Kier molecular flexibility index (Phi) is 5.52. The number of amides is 1. The molecule has 0 aliphatic rings. The van der Waals surface area contributed by atoms with Crippen LogP contribution in [-0.4, -0.2) is 5.91 Å². The van der Waals surface area contributed by atoms with E-state index in [9.17, 15) is 4.79 Å². The fraction of sp³-hybridized carbons (Fsp3) is 0.133. The Morgan fingerprint density at radius 3 is 2.41 bits per heavy atom. The van der Waals surface area contributed by atoms with Gasteiger partial charge in [-0.1, -0.05) is 36.4 Å². The second kappa shape index (κ2) is 7.23. The number of rotatable bonds is 4. The van der Waals surface area contributed by atoms with Gasteiger partial charge in [-0.25, -0.2) is 0 Å². The third-order valence-corrected chi connectivity index (χ3v) is 2.22. The molecule has 88 valence electrons. The highest BCUT2D eigenvalue weighted by Crippen LogP contribution is 2.00. The Bertz CT molecular complexity index is 441. The van der Waals surface area contributed by atoms with Gasteiger partial charge in [0.05, 0.1) is 0 Å². The fourth-order valence-electron chi connectivity index (χ4n) is 1.33. The zero-order valence-electron chi connectivity index (χ0n) is 10.2. The maximum Gasteiger partial charge on any atom is 0.255 e. The van der Waals surface area contributed by atoms with Crippen LogP contribution in [0, 0.1) is 0 Å². The van der Waals surface area contributed by atoms with Crippen molar-refractivity contribution in [3.8, 4) is 0 Å². The Balaban J connectivity index is 2.57. The molecular weight excluding hydrogens is 210 g/mol. The van der Waals surface area contributed by atoms with Crippen molar-refractivity contribution in [2.45, 2.75) is 13.8 Å². The van der Waals surface area contributed by atoms with Gasteiger partial charge in [0, 0.05) is 11.8 Å². The fourth-order valence-corrected chi connectivity index (χ4v) is 1.33. The van der Waals surface area contributed by atoms with E-state index in [1.807, 2.05) is 56.4 Å². The number of carbonyl (C=O) groups is 1. The zero-order valence-corrected chi connectivity index (χ0v) is 10.2. The van der Waals surface area contributed by atoms with Crippen molar-refractivity contribution in [3.05, 3.63) is 72.0 Å². The third kappa shape index (κ3) is 4.51. The molecule has 1 aromatic rings. The standard InChI is InChI=1S/C15H17NO/c1-3-8-13(4-2)11-12-16-15(17)14-9-6-5-7-10-14/h3-12H,1-2H3,(H,16,17)/b8-3-,12-11+,13-4+. The van der Waals surface area contributed by atoms with Crippen LogP contribution in [0.5, 0.6) is 0 Å². The molecule has 0 aromatic heterocycles. The van der Waals surface area contributed by atoms with Gasteiger partial charge < -0.3 is 5.32 Å². The lowest BCUT2D eigenvalue weighted by molar-refractivity contribution is 0.0970. The molecule has 0 saturated heterocycles. The summed E-state index contributed by atoms with van der Waals surface area (Å²) >= 11 is 0. The molecule has 1 rings (SSSR count). The summed E-state index contributed by atoms with van der Waals surface area (Å²) in [6, 6.07) is 9.14. The molecule has 0 atom stereocenters. The average molecular weight is 227 g/mol. The van der Waals surface area contributed by atoms with Crippen molar-refractivity contribution in [3.63, 3.8) is 0 Å². The van der Waals surface area contributed by atoms with Gasteiger partial charge in [0.1, 0.15) is 0 Å². The summed E-state index contributed by atoms with van der Waals surface area (Å²) in [5, 5.41) is 2.73. The molecule has 0 bridgehead atoms. The predicted octanol–water partition coefficient (Wildman–Crippen LogP) is 3.45. The smallest absolute Gasteiger partial charge is 0.255 e. The summed E-state index contributed by atoms with van der Waals surface area (Å²) in [5.74, 6) is -0.0993. The quantitative estimate of drug-likeness (QED) is 0.784. The van der Waals surface area contributed by atoms with Gasteiger partial charge in [0.25, 0.3) is 5.91 Å². The second-order valence-electron chi connectivity index (χ2n) is 3.46. The molecule has 17 heavy (non-hydrogen) atoms. The number of benzene rings is 1. The van der Waals surface area contributed by atoms with Crippen LogP contribution in [-0.2, 0) is 0 Å². The first-order chi connectivity index (χ1) is 8.27. The van der Waals surface area contributed by atoms with Crippen molar-refractivity contribution in [1.29, 1.82) is 0 Å². The summed E-state index contributed by atoms with van der Waals surface area (Å²) in [6.45, 7) is 3.92. The minimum Gasteiger partial charge on any atom is -0.329 e. The van der Waals surface area contributed by atoms with Crippen LogP contribution in [0.25, 0.3) is 0 Å². The van der Waals surface area contributed by atoms with Crippen molar-refractivity contribution in [2.24, 2.45) is 0 Å². The van der Waals surface area contributed by atoms with Gasteiger partial charge in [-0.2, -0.15) is 0 Å². The van der Waals surface area contributed by atoms with Gasteiger partial charge in [0.2, 0.25) is 0 Å². The van der Waals surface area contributed by atoms with E-state index >= 15 is 0 Å². The Morgan fingerprint density at radius 2 is 1.82 bits per heavy atom. The van der Waals surface area contributed by atoms with Crippen molar-refractivity contribution in [1.82, 2.24) is 5.32 Å². The van der Waals surface area contributed by atoms with E-state index in [-0.39, 0.29) is 5.91 Å². The summed E-state index contributed by atoms with van der Waals surface area (Å²) in [6.07, 6.45) is 9.43. The van der Waals surface area contributed by atoms with Crippen LogP contribution in [0.2, 0.25) is 0 Å². The van der Waals surface area contributed by atoms with E-state index in [1.165, 1.54) is 0 Å². The van der Waals surface area contributed by atoms with Crippen LogP contribution >= 0.6 is 0 Å². The Hall–Kier alpha value is -2.09. The molecule has 2 nitrogen and oxygen atoms in total.